The molecule has 0 aromatic carbocycles. The maximum atomic E-state index is 12.6. The Balaban J connectivity index is 4.36. The van der Waals surface area contributed by atoms with Crippen molar-refractivity contribution in [2.24, 2.45) is 11.8 Å². The Morgan fingerprint density at radius 3 is 1.32 bits per heavy atom. The van der Waals surface area contributed by atoms with Gasteiger partial charge in [0.15, 0.2) is 0 Å². The molecule has 41 heavy (non-hydrogen) atoms. The first-order chi connectivity index (χ1) is 19.5. The lowest BCUT2D eigenvalue weighted by Gasteiger charge is -2.32. The number of rotatable bonds is 27. The Bertz CT molecular complexity index is 626. The number of hydrogen-bond donors (Lipinski definition) is 0. The molecule has 0 aromatic heterocycles. The predicted molar refractivity (Wildman–Crippen MR) is 170 cm³/mol. The number of esters is 2. The minimum Gasteiger partial charge on any atom is -0.465 e. The van der Waals surface area contributed by atoms with Gasteiger partial charge in [0.25, 0.3) is 0 Å². The zero-order chi connectivity index (χ0) is 30.9. The summed E-state index contributed by atoms with van der Waals surface area (Å²) in [5.74, 6) is 0.835. The van der Waals surface area contributed by atoms with Crippen molar-refractivity contribution < 1.29 is 23.9 Å². The first-order valence-corrected chi connectivity index (χ1v) is 16.8. The van der Waals surface area contributed by atoms with Crippen LogP contribution in [0.25, 0.3) is 0 Å². The highest BCUT2D eigenvalue weighted by atomic mass is 16.5. The van der Waals surface area contributed by atoms with Gasteiger partial charge in [0, 0.05) is 32.4 Å². The van der Waals surface area contributed by atoms with Gasteiger partial charge in [-0.3, -0.25) is 14.4 Å². The topological polar surface area (TPSA) is 76.2 Å². The summed E-state index contributed by atoms with van der Waals surface area (Å²) in [4.78, 5) is 40.4. The van der Waals surface area contributed by atoms with Gasteiger partial charge in [0.2, 0.25) is 5.91 Å². The summed E-state index contributed by atoms with van der Waals surface area (Å²) in [7, 11) is 4.16. The number of unbranched alkanes of at least 4 members (excludes halogenated alkanes) is 10. The molecule has 0 bridgehead atoms. The molecule has 0 radical (unpaired) electrons. The van der Waals surface area contributed by atoms with E-state index in [1.165, 1.54) is 25.7 Å². The zero-order valence-corrected chi connectivity index (χ0v) is 28.0. The third kappa shape index (κ3) is 25.8. The van der Waals surface area contributed by atoms with E-state index in [-0.39, 0.29) is 17.8 Å². The van der Waals surface area contributed by atoms with Crippen molar-refractivity contribution in [3.8, 4) is 0 Å². The highest BCUT2D eigenvalue weighted by molar-refractivity contribution is 5.73. The first kappa shape index (κ1) is 39.4. The van der Waals surface area contributed by atoms with Crippen LogP contribution in [0.4, 0.5) is 0 Å². The molecule has 0 fully saturated rings. The lowest BCUT2D eigenvalue weighted by atomic mass is 9.98. The highest BCUT2D eigenvalue weighted by Gasteiger charge is 2.20. The van der Waals surface area contributed by atoms with Crippen LogP contribution >= 0.6 is 0 Å². The average molecular weight is 583 g/mol. The second-order valence-electron chi connectivity index (χ2n) is 13.0. The number of nitrogens with zero attached hydrogens (tertiary/aromatic N) is 2. The number of carbonyl (C=O) groups is 3. The predicted octanol–water partition coefficient (Wildman–Crippen LogP) is 7.80. The molecule has 0 rings (SSSR count). The van der Waals surface area contributed by atoms with Crippen molar-refractivity contribution in [2.45, 2.75) is 150 Å². The fourth-order valence-electron chi connectivity index (χ4n) is 4.99. The summed E-state index contributed by atoms with van der Waals surface area (Å²) in [5, 5.41) is 0. The monoisotopic (exact) mass is 582 g/mol. The van der Waals surface area contributed by atoms with Gasteiger partial charge in [0.1, 0.15) is 0 Å². The van der Waals surface area contributed by atoms with Crippen LogP contribution in [0.2, 0.25) is 0 Å². The van der Waals surface area contributed by atoms with E-state index in [0.717, 1.165) is 83.7 Å². The molecule has 0 aliphatic carbocycles. The molecule has 7 nitrogen and oxygen atoms in total. The lowest BCUT2D eigenvalue weighted by Crippen LogP contribution is -2.40. The van der Waals surface area contributed by atoms with Crippen LogP contribution < -0.4 is 0 Å². The molecular formula is C34H66N2O5. The number of amides is 1. The first-order valence-electron chi connectivity index (χ1n) is 16.8. The van der Waals surface area contributed by atoms with E-state index in [1.54, 1.807) is 6.92 Å². The van der Waals surface area contributed by atoms with Gasteiger partial charge >= 0.3 is 11.9 Å². The fourth-order valence-corrected chi connectivity index (χ4v) is 4.99. The largest absolute Gasteiger partial charge is 0.465 e. The number of carbonyl (C=O) groups excluding carboxylic acids is 3. The van der Waals surface area contributed by atoms with E-state index >= 15 is 0 Å². The molecule has 0 heterocycles. The highest BCUT2D eigenvalue weighted by Crippen LogP contribution is 2.20. The minimum absolute atomic E-state index is 0.0677. The van der Waals surface area contributed by atoms with Crippen molar-refractivity contribution in [1.29, 1.82) is 0 Å². The maximum absolute atomic E-state index is 12.6. The summed E-state index contributed by atoms with van der Waals surface area (Å²) >= 11 is 0. The molecule has 7 heteroatoms. The Labute approximate surface area is 253 Å². The quantitative estimate of drug-likeness (QED) is 0.0727. The van der Waals surface area contributed by atoms with Gasteiger partial charge in [-0.05, 0) is 64.6 Å². The summed E-state index contributed by atoms with van der Waals surface area (Å²) in [5.41, 5.74) is 0. The molecule has 0 aliphatic heterocycles. The van der Waals surface area contributed by atoms with Crippen molar-refractivity contribution in [1.82, 2.24) is 9.80 Å². The van der Waals surface area contributed by atoms with Crippen LogP contribution in [0.1, 0.15) is 144 Å². The third-order valence-electron chi connectivity index (χ3n) is 7.34. The van der Waals surface area contributed by atoms with Gasteiger partial charge in [-0.15, -0.1) is 0 Å². The SMILES string of the molecule is CC(=O)N(CCCN(C)C)C(CCCCCCCCC(=O)OCC(C)C)CCCCCCCCC(=O)OCC(C)C. The van der Waals surface area contributed by atoms with Crippen molar-refractivity contribution in [3.05, 3.63) is 0 Å². The molecule has 0 spiro atoms. The van der Waals surface area contributed by atoms with E-state index in [4.69, 9.17) is 9.47 Å². The fraction of sp³-hybridized carbons (Fsp3) is 0.912. The maximum Gasteiger partial charge on any atom is 0.305 e. The molecule has 0 N–H and O–H groups in total. The standard InChI is InChI=1S/C34H66N2O5/c1-29(2)27-40-33(38)23-18-14-10-8-12-16-21-32(36(31(5)37)26-20-25-35(6)7)22-17-13-9-11-15-19-24-34(39)41-28-30(3)4/h29-30,32H,8-28H2,1-7H3. The average Bonchev–Trinajstić information content (AvgIpc) is 2.90. The van der Waals surface area contributed by atoms with Crippen LogP contribution in [0.5, 0.6) is 0 Å². The molecule has 0 unspecified atom stereocenters. The summed E-state index contributed by atoms with van der Waals surface area (Å²) in [6, 6.07) is 0.320. The van der Waals surface area contributed by atoms with Crippen LogP contribution in [0.3, 0.4) is 0 Å². The summed E-state index contributed by atoms with van der Waals surface area (Å²) in [6.45, 7) is 12.8. The molecule has 0 atom stereocenters. The third-order valence-corrected chi connectivity index (χ3v) is 7.34. The Morgan fingerprint density at radius 2 is 0.951 bits per heavy atom. The summed E-state index contributed by atoms with van der Waals surface area (Å²) < 4.78 is 10.5. The zero-order valence-electron chi connectivity index (χ0n) is 28.0. The second kappa shape index (κ2) is 26.0. The van der Waals surface area contributed by atoms with Gasteiger partial charge in [0.05, 0.1) is 13.2 Å². The van der Waals surface area contributed by atoms with Crippen LogP contribution in [0.15, 0.2) is 0 Å². The van der Waals surface area contributed by atoms with Gasteiger partial charge < -0.3 is 19.3 Å². The van der Waals surface area contributed by atoms with Crippen molar-refractivity contribution >= 4 is 17.8 Å². The van der Waals surface area contributed by atoms with Crippen molar-refractivity contribution in [3.63, 3.8) is 0 Å². The van der Waals surface area contributed by atoms with Crippen molar-refractivity contribution in [2.75, 3.05) is 40.4 Å². The van der Waals surface area contributed by atoms with E-state index in [1.807, 2.05) is 0 Å². The normalized spacial score (nSPS) is 11.6. The molecule has 1 amide bonds. The van der Waals surface area contributed by atoms with Crippen LogP contribution in [-0.2, 0) is 23.9 Å². The van der Waals surface area contributed by atoms with E-state index < -0.39 is 0 Å². The summed E-state index contributed by atoms with van der Waals surface area (Å²) in [6.07, 6.45) is 17.5. The Hall–Kier alpha value is -1.63. The van der Waals surface area contributed by atoms with E-state index in [9.17, 15) is 14.4 Å². The molecule has 0 saturated carbocycles. The van der Waals surface area contributed by atoms with Gasteiger partial charge in [-0.1, -0.05) is 91.9 Å². The molecule has 0 aromatic rings. The lowest BCUT2D eigenvalue weighted by molar-refractivity contribution is -0.145. The van der Waals surface area contributed by atoms with Crippen LogP contribution in [-0.4, -0.2) is 74.1 Å². The number of hydrogen-bond acceptors (Lipinski definition) is 6. The van der Waals surface area contributed by atoms with E-state index in [2.05, 4.69) is 51.6 Å². The smallest absolute Gasteiger partial charge is 0.305 e. The van der Waals surface area contributed by atoms with Gasteiger partial charge in [-0.2, -0.15) is 0 Å². The minimum atomic E-state index is -0.0677. The van der Waals surface area contributed by atoms with Crippen LogP contribution in [0, 0.1) is 11.8 Å². The molecular weight excluding hydrogens is 516 g/mol. The Morgan fingerprint density at radius 1 is 0.561 bits per heavy atom. The number of ether oxygens (including phenoxy) is 2. The van der Waals surface area contributed by atoms with E-state index in [0.29, 0.717) is 43.9 Å². The molecule has 242 valence electrons. The van der Waals surface area contributed by atoms with Gasteiger partial charge in [-0.25, -0.2) is 0 Å². The molecule has 0 saturated heterocycles. The Kier molecular flexibility index (Phi) is 25.0. The molecule has 0 aliphatic rings. The second-order valence-corrected chi connectivity index (χ2v) is 13.0.